The molecule has 0 amide bonds. The van der Waals surface area contributed by atoms with Crippen LogP contribution in [0.15, 0.2) is 53.3 Å². The molecule has 0 fully saturated rings. The number of aromatic amines is 1. The molecular formula is C19H21N3O2. The lowest BCUT2D eigenvalue weighted by Gasteiger charge is -2.21. The van der Waals surface area contributed by atoms with E-state index in [1.807, 2.05) is 49.4 Å². The van der Waals surface area contributed by atoms with E-state index >= 15 is 0 Å². The summed E-state index contributed by atoms with van der Waals surface area (Å²) in [6.07, 6.45) is 0. The minimum atomic E-state index is -0.116. The van der Waals surface area contributed by atoms with E-state index in [0.717, 1.165) is 11.3 Å². The zero-order chi connectivity index (χ0) is 17.1. The zero-order valence-corrected chi connectivity index (χ0v) is 14.0. The number of H-pyrrole nitrogens is 1. The number of ether oxygens (including phenoxy) is 1. The summed E-state index contributed by atoms with van der Waals surface area (Å²) in [5, 5.41) is 4.07. The van der Waals surface area contributed by atoms with Crippen molar-refractivity contribution in [1.82, 2.24) is 15.3 Å². The van der Waals surface area contributed by atoms with Crippen LogP contribution in [0.2, 0.25) is 0 Å². The first-order chi connectivity index (χ1) is 11.6. The Kier molecular flexibility index (Phi) is 4.62. The molecule has 24 heavy (non-hydrogen) atoms. The number of rotatable bonds is 5. The highest BCUT2D eigenvalue weighted by molar-refractivity contribution is 5.77. The molecule has 3 rings (SSSR count). The number of nitrogens with one attached hydrogen (secondary N) is 2. The Morgan fingerprint density at radius 3 is 2.54 bits per heavy atom. The second-order valence-electron chi connectivity index (χ2n) is 5.82. The second-order valence-corrected chi connectivity index (χ2v) is 5.82. The highest BCUT2D eigenvalue weighted by Crippen LogP contribution is 2.26. The quantitative estimate of drug-likeness (QED) is 0.756. The summed E-state index contributed by atoms with van der Waals surface area (Å²) in [7, 11) is 1.66. The number of fused-ring (bicyclic) bond motifs is 1. The van der Waals surface area contributed by atoms with E-state index in [9.17, 15) is 4.79 Å². The molecule has 5 heteroatoms. The van der Waals surface area contributed by atoms with Crippen molar-refractivity contribution in [3.8, 4) is 5.75 Å². The molecule has 2 N–H and O–H groups in total. The molecule has 0 aliphatic heterocycles. The van der Waals surface area contributed by atoms with Crippen LogP contribution in [0.3, 0.4) is 0 Å². The molecule has 0 aliphatic carbocycles. The van der Waals surface area contributed by atoms with Gasteiger partial charge in [-0.3, -0.25) is 4.79 Å². The van der Waals surface area contributed by atoms with E-state index in [1.54, 1.807) is 13.2 Å². The lowest BCUT2D eigenvalue weighted by Crippen LogP contribution is -2.26. The van der Waals surface area contributed by atoms with E-state index < -0.39 is 0 Å². The number of methoxy groups -OCH3 is 1. The van der Waals surface area contributed by atoms with Crippen LogP contribution >= 0.6 is 0 Å². The molecule has 1 aromatic heterocycles. The van der Waals surface area contributed by atoms with Gasteiger partial charge < -0.3 is 15.0 Å². The summed E-state index contributed by atoms with van der Waals surface area (Å²) >= 11 is 0. The zero-order valence-electron chi connectivity index (χ0n) is 14.0. The lowest BCUT2D eigenvalue weighted by atomic mass is 10.1. The molecule has 0 unspecified atom stereocenters. The van der Waals surface area contributed by atoms with Crippen LogP contribution in [-0.4, -0.2) is 17.1 Å². The Bertz CT molecular complexity index is 904. The predicted molar refractivity (Wildman–Crippen MR) is 95.3 cm³/mol. The molecule has 124 valence electrons. The van der Waals surface area contributed by atoms with Crippen LogP contribution in [0.4, 0.5) is 0 Å². The minimum Gasteiger partial charge on any atom is -0.496 e. The molecule has 0 aliphatic rings. The van der Waals surface area contributed by atoms with Crippen LogP contribution in [0.25, 0.3) is 10.9 Å². The van der Waals surface area contributed by atoms with Gasteiger partial charge in [0, 0.05) is 11.6 Å². The van der Waals surface area contributed by atoms with Crippen molar-refractivity contribution in [2.24, 2.45) is 0 Å². The highest BCUT2D eigenvalue weighted by Gasteiger charge is 2.16. The van der Waals surface area contributed by atoms with Gasteiger partial charge in [-0.2, -0.15) is 0 Å². The molecule has 0 bridgehead atoms. The summed E-state index contributed by atoms with van der Waals surface area (Å²) in [6.45, 7) is 4.05. The van der Waals surface area contributed by atoms with Crippen LogP contribution in [0.5, 0.6) is 5.75 Å². The van der Waals surface area contributed by atoms with E-state index in [1.165, 1.54) is 0 Å². The predicted octanol–water partition coefficient (Wildman–Crippen LogP) is 3.34. The first-order valence-electron chi connectivity index (χ1n) is 7.98. The maximum Gasteiger partial charge on any atom is 0.258 e. The molecule has 5 nitrogen and oxygen atoms in total. The summed E-state index contributed by atoms with van der Waals surface area (Å²) in [5.74, 6) is 1.46. The van der Waals surface area contributed by atoms with Crippen LogP contribution in [-0.2, 0) is 0 Å². The summed E-state index contributed by atoms with van der Waals surface area (Å²) < 4.78 is 5.42. The molecule has 0 saturated heterocycles. The fourth-order valence-corrected chi connectivity index (χ4v) is 2.88. The lowest BCUT2D eigenvalue weighted by molar-refractivity contribution is 0.395. The van der Waals surface area contributed by atoms with Gasteiger partial charge in [-0.25, -0.2) is 4.98 Å². The van der Waals surface area contributed by atoms with Gasteiger partial charge in [0.05, 0.1) is 24.1 Å². The van der Waals surface area contributed by atoms with Gasteiger partial charge >= 0.3 is 0 Å². The normalized spacial score (nSPS) is 13.6. The van der Waals surface area contributed by atoms with Crippen molar-refractivity contribution in [3.05, 3.63) is 70.3 Å². The van der Waals surface area contributed by atoms with Crippen molar-refractivity contribution >= 4 is 10.9 Å². The van der Waals surface area contributed by atoms with Crippen molar-refractivity contribution in [2.75, 3.05) is 7.11 Å². The average molecular weight is 323 g/mol. The van der Waals surface area contributed by atoms with Gasteiger partial charge in [-0.15, -0.1) is 0 Å². The van der Waals surface area contributed by atoms with Crippen molar-refractivity contribution in [2.45, 2.75) is 25.9 Å². The minimum absolute atomic E-state index is 0.0490. The third-order valence-electron chi connectivity index (χ3n) is 4.15. The highest BCUT2D eigenvalue weighted by atomic mass is 16.5. The molecule has 0 saturated carbocycles. The topological polar surface area (TPSA) is 67.0 Å². The standard InChI is InChI=1S/C19H21N3O2/c1-12(14-8-5-7-11-17(14)24-3)20-13(2)18-21-16-10-6-4-9-15(16)19(23)22-18/h4-13,20H,1-3H3,(H,21,22,23)/t12-,13-/m0/s1. The van der Waals surface area contributed by atoms with Gasteiger partial charge in [0.15, 0.2) is 0 Å². The Labute approximate surface area is 140 Å². The Morgan fingerprint density at radius 2 is 1.75 bits per heavy atom. The number of para-hydroxylation sites is 2. The summed E-state index contributed by atoms with van der Waals surface area (Å²) in [5.41, 5.74) is 1.65. The number of hydrogen-bond donors (Lipinski definition) is 2. The number of aromatic nitrogens is 2. The smallest absolute Gasteiger partial charge is 0.258 e. The van der Waals surface area contributed by atoms with Crippen molar-refractivity contribution in [3.63, 3.8) is 0 Å². The summed E-state index contributed by atoms with van der Waals surface area (Å²) in [4.78, 5) is 19.7. The van der Waals surface area contributed by atoms with Gasteiger partial charge in [0.2, 0.25) is 0 Å². The number of benzene rings is 2. The Hall–Kier alpha value is -2.66. The third-order valence-corrected chi connectivity index (χ3v) is 4.15. The fraction of sp³-hybridized carbons (Fsp3) is 0.263. The Balaban J connectivity index is 1.87. The van der Waals surface area contributed by atoms with Crippen LogP contribution < -0.4 is 15.6 Å². The summed E-state index contributed by atoms with van der Waals surface area (Å²) in [6, 6.07) is 15.2. The number of nitrogens with zero attached hydrogens (tertiary/aromatic N) is 1. The molecule has 0 spiro atoms. The van der Waals surface area contributed by atoms with Crippen molar-refractivity contribution in [1.29, 1.82) is 0 Å². The van der Waals surface area contributed by atoms with E-state index in [2.05, 4.69) is 22.2 Å². The van der Waals surface area contributed by atoms with Gasteiger partial charge in [0.25, 0.3) is 5.56 Å². The van der Waals surface area contributed by atoms with E-state index in [4.69, 9.17) is 4.74 Å². The first-order valence-corrected chi connectivity index (χ1v) is 7.98. The average Bonchev–Trinajstić information content (AvgIpc) is 2.61. The fourth-order valence-electron chi connectivity index (χ4n) is 2.88. The van der Waals surface area contributed by atoms with Crippen LogP contribution in [0, 0.1) is 0 Å². The molecule has 1 heterocycles. The van der Waals surface area contributed by atoms with Crippen molar-refractivity contribution < 1.29 is 4.74 Å². The van der Waals surface area contributed by atoms with E-state index in [-0.39, 0.29) is 17.6 Å². The SMILES string of the molecule is COc1ccccc1[C@H](C)N[C@@H](C)c1nc2ccccc2c(=O)[nH]1. The molecule has 2 aromatic carbocycles. The molecule has 0 radical (unpaired) electrons. The van der Waals surface area contributed by atoms with Gasteiger partial charge in [0.1, 0.15) is 11.6 Å². The second kappa shape index (κ2) is 6.84. The maximum absolute atomic E-state index is 12.2. The monoisotopic (exact) mass is 323 g/mol. The molecule has 2 atom stereocenters. The largest absolute Gasteiger partial charge is 0.496 e. The van der Waals surface area contributed by atoms with Gasteiger partial charge in [-0.1, -0.05) is 30.3 Å². The molecular weight excluding hydrogens is 302 g/mol. The van der Waals surface area contributed by atoms with Gasteiger partial charge in [-0.05, 0) is 32.0 Å². The third kappa shape index (κ3) is 3.16. The Morgan fingerprint density at radius 1 is 1.04 bits per heavy atom. The van der Waals surface area contributed by atoms with Crippen LogP contribution in [0.1, 0.15) is 37.3 Å². The first kappa shape index (κ1) is 16.2. The molecule has 3 aromatic rings. The number of hydrogen-bond acceptors (Lipinski definition) is 4. The van der Waals surface area contributed by atoms with E-state index in [0.29, 0.717) is 16.7 Å². The maximum atomic E-state index is 12.2.